The van der Waals surface area contributed by atoms with Crippen LogP contribution in [0.3, 0.4) is 0 Å². The molecule has 35 heavy (non-hydrogen) atoms. The Labute approximate surface area is 204 Å². The van der Waals surface area contributed by atoms with Crippen LogP contribution in [0.4, 0.5) is 4.79 Å². The van der Waals surface area contributed by atoms with E-state index in [0.29, 0.717) is 22.1 Å². The molecule has 1 aliphatic rings. The molecule has 0 spiro atoms. The van der Waals surface area contributed by atoms with Gasteiger partial charge in [-0.15, -0.1) is 10.2 Å². The Morgan fingerprint density at radius 1 is 1.00 bits per heavy atom. The van der Waals surface area contributed by atoms with Crippen LogP contribution >= 0.6 is 11.8 Å². The van der Waals surface area contributed by atoms with Crippen molar-refractivity contribution < 1.29 is 14.4 Å². The molecule has 4 amide bonds. The van der Waals surface area contributed by atoms with Gasteiger partial charge in [0.2, 0.25) is 5.91 Å². The van der Waals surface area contributed by atoms with Crippen molar-refractivity contribution in [3.05, 3.63) is 89.2 Å². The number of benzene rings is 2. The van der Waals surface area contributed by atoms with E-state index in [9.17, 15) is 14.4 Å². The molecule has 0 atom stereocenters. The van der Waals surface area contributed by atoms with E-state index >= 15 is 0 Å². The Morgan fingerprint density at radius 2 is 1.63 bits per heavy atom. The first-order valence-corrected chi connectivity index (χ1v) is 11.8. The summed E-state index contributed by atoms with van der Waals surface area (Å²) in [5.41, 5.74) is 3.86. The first kappa shape index (κ1) is 22.5. The van der Waals surface area contributed by atoms with Crippen molar-refractivity contribution in [1.82, 2.24) is 35.3 Å². The summed E-state index contributed by atoms with van der Waals surface area (Å²) in [6.45, 7) is 3.76. The third-order valence-electron chi connectivity index (χ3n) is 5.67. The summed E-state index contributed by atoms with van der Waals surface area (Å²) in [6.07, 6.45) is 0. The van der Waals surface area contributed by atoms with E-state index in [1.54, 1.807) is 52.9 Å². The van der Waals surface area contributed by atoms with Gasteiger partial charge in [-0.05, 0) is 31.0 Å². The van der Waals surface area contributed by atoms with Crippen molar-refractivity contribution in [3.8, 4) is 0 Å². The maximum absolute atomic E-state index is 13.6. The number of rotatable bonds is 6. The molecule has 0 radical (unpaired) electrons. The number of aromatic nitrogens is 4. The van der Waals surface area contributed by atoms with E-state index in [1.807, 2.05) is 32.0 Å². The Balaban J connectivity index is 1.37. The molecule has 1 fully saturated rings. The SMILES string of the molecule is Cc1cc(C)n2c(SCC(=O)NN3C(=O)NC(c4ccccc4)(c4ccccc4)C3=O)nnc2n1. The molecule has 4 aromatic rings. The number of hydrogen-bond acceptors (Lipinski definition) is 7. The lowest BCUT2D eigenvalue weighted by Gasteiger charge is -2.27. The zero-order valence-electron chi connectivity index (χ0n) is 18.9. The average Bonchev–Trinajstić information content (AvgIpc) is 3.38. The summed E-state index contributed by atoms with van der Waals surface area (Å²) in [7, 11) is 0. The van der Waals surface area contributed by atoms with E-state index in [1.165, 1.54) is 0 Å². The molecule has 0 bridgehead atoms. The number of hydrazine groups is 1. The summed E-state index contributed by atoms with van der Waals surface area (Å²) in [4.78, 5) is 43.6. The maximum atomic E-state index is 13.6. The van der Waals surface area contributed by atoms with Crippen LogP contribution in [0.2, 0.25) is 0 Å². The average molecular weight is 488 g/mol. The van der Waals surface area contributed by atoms with Crippen LogP contribution in [-0.4, -0.2) is 48.2 Å². The fourth-order valence-corrected chi connectivity index (χ4v) is 4.92. The van der Waals surface area contributed by atoms with Crippen LogP contribution in [0.25, 0.3) is 5.78 Å². The van der Waals surface area contributed by atoms with Gasteiger partial charge in [0.25, 0.3) is 11.7 Å². The predicted octanol–water partition coefficient (Wildman–Crippen LogP) is 2.36. The molecule has 2 aromatic carbocycles. The van der Waals surface area contributed by atoms with Gasteiger partial charge in [0.15, 0.2) is 10.7 Å². The highest BCUT2D eigenvalue weighted by Gasteiger charge is 2.54. The minimum absolute atomic E-state index is 0.0884. The van der Waals surface area contributed by atoms with E-state index in [2.05, 4.69) is 25.9 Å². The Hall–Kier alpha value is -4.25. The predicted molar refractivity (Wildman–Crippen MR) is 128 cm³/mol. The molecule has 0 saturated carbocycles. The monoisotopic (exact) mass is 487 g/mol. The largest absolute Gasteiger partial charge is 0.344 e. The lowest BCUT2D eigenvalue weighted by Crippen LogP contribution is -2.49. The lowest BCUT2D eigenvalue weighted by molar-refractivity contribution is -0.137. The summed E-state index contributed by atoms with van der Waals surface area (Å²) in [6, 6.07) is 19.0. The zero-order valence-corrected chi connectivity index (χ0v) is 19.7. The first-order valence-electron chi connectivity index (χ1n) is 10.8. The van der Waals surface area contributed by atoms with Crippen molar-refractivity contribution >= 4 is 35.4 Å². The molecule has 11 heteroatoms. The second kappa shape index (κ2) is 8.84. The first-order chi connectivity index (χ1) is 16.9. The summed E-state index contributed by atoms with van der Waals surface area (Å²) < 4.78 is 1.74. The molecule has 2 aromatic heterocycles. The van der Waals surface area contributed by atoms with Crippen molar-refractivity contribution in [1.29, 1.82) is 0 Å². The second-order valence-corrected chi connectivity index (χ2v) is 8.98. The second-order valence-electron chi connectivity index (χ2n) is 8.03. The highest BCUT2D eigenvalue weighted by molar-refractivity contribution is 7.99. The van der Waals surface area contributed by atoms with Crippen molar-refractivity contribution in [2.45, 2.75) is 24.5 Å². The van der Waals surface area contributed by atoms with Crippen molar-refractivity contribution in [3.63, 3.8) is 0 Å². The van der Waals surface area contributed by atoms with Gasteiger partial charge >= 0.3 is 6.03 Å². The van der Waals surface area contributed by atoms with Crippen LogP contribution in [0.1, 0.15) is 22.5 Å². The highest BCUT2D eigenvalue weighted by Crippen LogP contribution is 2.35. The van der Waals surface area contributed by atoms with Gasteiger partial charge in [0, 0.05) is 11.4 Å². The molecule has 2 N–H and O–H groups in total. The van der Waals surface area contributed by atoms with Gasteiger partial charge in [0.05, 0.1) is 5.75 Å². The van der Waals surface area contributed by atoms with Crippen LogP contribution in [0, 0.1) is 13.8 Å². The maximum Gasteiger partial charge on any atom is 0.344 e. The minimum atomic E-state index is -1.45. The Morgan fingerprint density at radius 3 is 2.26 bits per heavy atom. The van der Waals surface area contributed by atoms with E-state index in [4.69, 9.17) is 0 Å². The zero-order chi connectivity index (χ0) is 24.6. The number of carbonyl (C=O) groups excluding carboxylic acids is 3. The third-order valence-corrected chi connectivity index (χ3v) is 6.60. The minimum Gasteiger partial charge on any atom is -0.314 e. The molecule has 5 rings (SSSR count). The molecule has 1 aliphatic heterocycles. The number of nitrogens with zero attached hydrogens (tertiary/aromatic N) is 5. The summed E-state index contributed by atoms with van der Waals surface area (Å²) >= 11 is 1.13. The topological polar surface area (TPSA) is 122 Å². The lowest BCUT2D eigenvalue weighted by atomic mass is 9.83. The summed E-state index contributed by atoms with van der Waals surface area (Å²) in [5, 5.41) is 12.2. The quantitative estimate of drug-likeness (QED) is 0.316. The molecule has 1 saturated heterocycles. The number of nitrogens with one attached hydrogen (secondary N) is 2. The van der Waals surface area contributed by atoms with Crippen LogP contribution < -0.4 is 10.7 Å². The van der Waals surface area contributed by atoms with Gasteiger partial charge in [-0.3, -0.25) is 19.4 Å². The number of carbonyl (C=O) groups is 3. The highest BCUT2D eigenvalue weighted by atomic mass is 32.2. The van der Waals surface area contributed by atoms with Crippen molar-refractivity contribution in [2.24, 2.45) is 0 Å². The summed E-state index contributed by atoms with van der Waals surface area (Å²) in [5.74, 6) is -0.781. The fourth-order valence-electron chi connectivity index (χ4n) is 4.15. The van der Waals surface area contributed by atoms with Crippen LogP contribution in [-0.2, 0) is 15.1 Å². The number of hydrogen-bond donors (Lipinski definition) is 2. The number of aryl methyl sites for hydroxylation is 2. The Bertz CT molecular complexity index is 1400. The number of urea groups is 1. The number of imide groups is 1. The number of fused-ring (bicyclic) bond motifs is 1. The standard InChI is InChI=1S/C24H21N7O3S/c1-15-13-16(2)30-21(25-15)27-28-23(30)35-14-19(32)29-31-20(33)24(26-22(31)34,17-9-5-3-6-10-17)18-11-7-4-8-12-18/h3-13H,14H2,1-2H3,(H,26,34)(H,29,32). The van der Waals surface area contributed by atoms with E-state index in [-0.39, 0.29) is 5.75 Å². The van der Waals surface area contributed by atoms with Gasteiger partial charge < -0.3 is 5.32 Å². The molecule has 3 heterocycles. The van der Waals surface area contributed by atoms with Crippen molar-refractivity contribution in [2.75, 3.05) is 5.75 Å². The van der Waals surface area contributed by atoms with Gasteiger partial charge in [0.1, 0.15) is 0 Å². The number of thioether (sulfide) groups is 1. The fraction of sp³-hybridized carbons (Fsp3) is 0.167. The van der Waals surface area contributed by atoms with E-state index < -0.39 is 23.4 Å². The molecule has 176 valence electrons. The van der Waals surface area contributed by atoms with Gasteiger partial charge in [-0.2, -0.15) is 5.01 Å². The molecule has 10 nitrogen and oxygen atoms in total. The molecular formula is C24H21N7O3S. The van der Waals surface area contributed by atoms with E-state index in [0.717, 1.165) is 28.2 Å². The molecule has 0 aliphatic carbocycles. The van der Waals surface area contributed by atoms with Crippen LogP contribution in [0.15, 0.2) is 71.9 Å². The molecular weight excluding hydrogens is 466 g/mol. The smallest absolute Gasteiger partial charge is 0.314 e. The normalized spacial score (nSPS) is 14.9. The molecule has 0 unspecified atom stereocenters. The Kier molecular flexibility index (Phi) is 5.69. The van der Waals surface area contributed by atoms with Crippen LogP contribution in [0.5, 0.6) is 0 Å². The third kappa shape index (κ3) is 3.89. The van der Waals surface area contributed by atoms with Gasteiger partial charge in [-0.1, -0.05) is 72.4 Å². The van der Waals surface area contributed by atoms with Gasteiger partial charge in [-0.25, -0.2) is 9.78 Å². The number of amides is 4.